The van der Waals surface area contributed by atoms with Crippen LogP contribution in [-0.2, 0) is 0 Å². The van der Waals surface area contributed by atoms with Gasteiger partial charge in [0, 0.05) is 46.7 Å². The molecule has 0 radical (unpaired) electrons. The molecule has 8 nitrogen and oxygen atoms in total. The first-order valence-corrected chi connectivity index (χ1v) is 10.1. The molecule has 3 aromatic rings. The minimum atomic E-state index is -0.474. The summed E-state index contributed by atoms with van der Waals surface area (Å²) in [5.74, 6) is 4.70. The van der Waals surface area contributed by atoms with Crippen molar-refractivity contribution in [2.45, 2.75) is 25.8 Å². The Labute approximate surface area is 171 Å². The minimum Gasteiger partial charge on any atom is -0.329 e. The molecule has 1 aromatic carbocycles. The Bertz CT molecular complexity index is 1050. The number of nitrogens with one attached hydrogen (secondary N) is 1. The van der Waals surface area contributed by atoms with Gasteiger partial charge in [0.15, 0.2) is 0 Å². The van der Waals surface area contributed by atoms with Crippen molar-refractivity contribution in [2.75, 3.05) is 6.54 Å². The van der Waals surface area contributed by atoms with Gasteiger partial charge in [-0.05, 0) is 38.0 Å². The van der Waals surface area contributed by atoms with Crippen molar-refractivity contribution in [2.24, 2.45) is 5.84 Å². The highest BCUT2D eigenvalue weighted by Gasteiger charge is 2.33. The number of carbonyl (C=O) groups is 2. The monoisotopic (exact) mass is 408 g/mol. The third-order valence-corrected chi connectivity index (χ3v) is 5.93. The fourth-order valence-electron chi connectivity index (χ4n) is 3.52. The molecule has 0 saturated carbocycles. The summed E-state index contributed by atoms with van der Waals surface area (Å²) >= 11 is 1.57. The first-order valence-electron chi connectivity index (χ1n) is 9.22. The first kappa shape index (κ1) is 19.2. The summed E-state index contributed by atoms with van der Waals surface area (Å²) in [5.41, 5.74) is 4.98. The average molecular weight is 408 g/mol. The molecule has 148 valence electrons. The Morgan fingerprint density at radius 2 is 2.07 bits per heavy atom. The second-order valence-electron chi connectivity index (χ2n) is 6.85. The van der Waals surface area contributed by atoms with Crippen molar-refractivity contribution < 1.29 is 9.59 Å². The summed E-state index contributed by atoms with van der Waals surface area (Å²) in [7, 11) is 0. The summed E-state index contributed by atoms with van der Waals surface area (Å²) < 4.78 is 0. The van der Waals surface area contributed by atoms with Crippen LogP contribution in [0.1, 0.15) is 50.3 Å². The first-order chi connectivity index (χ1) is 14.1. The van der Waals surface area contributed by atoms with E-state index in [1.807, 2.05) is 17.2 Å². The van der Waals surface area contributed by atoms with Gasteiger partial charge in [0.25, 0.3) is 11.8 Å². The van der Waals surface area contributed by atoms with Crippen LogP contribution in [0.25, 0.3) is 11.3 Å². The van der Waals surface area contributed by atoms with Crippen LogP contribution < -0.4 is 11.3 Å². The summed E-state index contributed by atoms with van der Waals surface area (Å²) in [4.78, 5) is 40.3. The molecular formula is C20H20N6O2S. The Morgan fingerprint density at radius 1 is 1.24 bits per heavy atom. The number of likely N-dealkylation sites (tertiary alicyclic amines) is 1. The van der Waals surface area contributed by atoms with Crippen LogP contribution in [0.5, 0.6) is 0 Å². The zero-order chi connectivity index (χ0) is 20.4. The van der Waals surface area contributed by atoms with E-state index in [4.69, 9.17) is 5.84 Å². The van der Waals surface area contributed by atoms with Crippen molar-refractivity contribution in [3.63, 3.8) is 0 Å². The smallest absolute Gasteiger partial charge is 0.265 e. The summed E-state index contributed by atoms with van der Waals surface area (Å²) in [5, 5.41) is 2.94. The number of hydrogen-bond donors (Lipinski definition) is 2. The Balaban J connectivity index is 1.73. The predicted molar refractivity (Wildman–Crippen MR) is 109 cm³/mol. The van der Waals surface area contributed by atoms with Gasteiger partial charge in [0.2, 0.25) is 0 Å². The molecular weight excluding hydrogens is 388 g/mol. The largest absolute Gasteiger partial charge is 0.329 e. The summed E-state index contributed by atoms with van der Waals surface area (Å²) in [6.07, 6.45) is 6.50. The molecule has 1 aliphatic rings. The quantitative estimate of drug-likeness (QED) is 0.389. The zero-order valence-electron chi connectivity index (χ0n) is 15.8. The molecule has 1 aliphatic heterocycles. The lowest BCUT2D eigenvalue weighted by molar-refractivity contribution is 0.0735. The van der Waals surface area contributed by atoms with Crippen molar-refractivity contribution in [1.82, 2.24) is 25.3 Å². The predicted octanol–water partition coefficient (Wildman–Crippen LogP) is 2.49. The fourth-order valence-corrected chi connectivity index (χ4v) is 4.46. The van der Waals surface area contributed by atoms with Crippen LogP contribution in [-0.4, -0.2) is 38.2 Å². The Morgan fingerprint density at radius 3 is 2.76 bits per heavy atom. The Kier molecular flexibility index (Phi) is 5.32. The number of nitrogen functional groups attached to an aromatic ring is 1. The number of benzene rings is 1. The number of hydrogen-bond acceptors (Lipinski definition) is 7. The lowest BCUT2D eigenvalue weighted by Crippen LogP contribution is -2.32. The standard InChI is InChI=1S/C20H20N6O2S/c1-12-11-29-19(24-12)17-3-2-6-26(17)20(28)15-8-13(16-10-22-4-5-23-16)7-14(9-15)18(27)25-21/h4-5,7-11,17H,2-3,6,21H2,1H3,(H,25,27)/t17-/m1/s1. The Hall–Kier alpha value is -3.17. The molecule has 2 amide bonds. The maximum absolute atomic E-state index is 13.4. The molecule has 3 heterocycles. The summed E-state index contributed by atoms with van der Waals surface area (Å²) in [6.45, 7) is 2.60. The number of hydrazine groups is 1. The number of nitrogens with two attached hydrogens (primary N) is 1. The number of nitrogens with zero attached hydrogens (tertiary/aromatic N) is 4. The van der Waals surface area contributed by atoms with Gasteiger partial charge in [-0.3, -0.25) is 25.0 Å². The van der Waals surface area contributed by atoms with Gasteiger partial charge in [-0.15, -0.1) is 11.3 Å². The molecule has 9 heteroatoms. The topological polar surface area (TPSA) is 114 Å². The molecule has 3 N–H and O–H groups in total. The van der Waals surface area contributed by atoms with Gasteiger partial charge in [0.1, 0.15) is 5.01 Å². The van der Waals surface area contributed by atoms with E-state index >= 15 is 0 Å². The van der Waals surface area contributed by atoms with Gasteiger partial charge in [-0.1, -0.05) is 0 Å². The van der Waals surface area contributed by atoms with Crippen LogP contribution in [0.15, 0.2) is 42.2 Å². The molecule has 0 bridgehead atoms. The molecule has 0 aliphatic carbocycles. The van der Waals surface area contributed by atoms with Crippen molar-refractivity contribution in [1.29, 1.82) is 0 Å². The van der Waals surface area contributed by atoms with Crippen molar-refractivity contribution in [3.05, 3.63) is 64.0 Å². The van der Waals surface area contributed by atoms with Crippen molar-refractivity contribution >= 4 is 23.2 Å². The third-order valence-electron chi connectivity index (χ3n) is 4.87. The minimum absolute atomic E-state index is 0.0480. The molecule has 2 aromatic heterocycles. The fraction of sp³-hybridized carbons (Fsp3) is 0.250. The van der Waals surface area contributed by atoms with Crippen LogP contribution in [0, 0.1) is 6.92 Å². The van der Waals surface area contributed by atoms with Crippen LogP contribution in [0.2, 0.25) is 0 Å². The van der Waals surface area contributed by atoms with E-state index < -0.39 is 5.91 Å². The molecule has 1 atom stereocenters. The van der Waals surface area contributed by atoms with Gasteiger partial charge in [-0.2, -0.15) is 0 Å². The van der Waals surface area contributed by atoms with Gasteiger partial charge in [0.05, 0.1) is 17.9 Å². The highest BCUT2D eigenvalue weighted by Crippen LogP contribution is 2.35. The number of carbonyl (C=O) groups excluding carboxylic acids is 2. The van der Waals surface area contributed by atoms with E-state index in [1.54, 1.807) is 48.1 Å². The summed E-state index contributed by atoms with van der Waals surface area (Å²) in [6, 6.07) is 4.90. The number of aromatic nitrogens is 3. The van der Waals surface area contributed by atoms with E-state index in [0.29, 0.717) is 28.9 Å². The normalized spacial score (nSPS) is 16.1. The third kappa shape index (κ3) is 3.87. The maximum Gasteiger partial charge on any atom is 0.265 e. The average Bonchev–Trinajstić information content (AvgIpc) is 3.41. The van der Waals surface area contributed by atoms with Crippen LogP contribution in [0.3, 0.4) is 0 Å². The number of thiazole rings is 1. The highest BCUT2D eigenvalue weighted by molar-refractivity contribution is 7.09. The van der Waals surface area contributed by atoms with Crippen LogP contribution in [0.4, 0.5) is 0 Å². The van der Waals surface area contributed by atoms with E-state index in [0.717, 1.165) is 23.5 Å². The maximum atomic E-state index is 13.4. The van der Waals surface area contributed by atoms with E-state index in [2.05, 4.69) is 20.4 Å². The van der Waals surface area contributed by atoms with E-state index in [-0.39, 0.29) is 11.9 Å². The van der Waals surface area contributed by atoms with E-state index in [9.17, 15) is 9.59 Å². The SMILES string of the molecule is Cc1csc([C@H]2CCCN2C(=O)c2cc(C(=O)NN)cc(-c3cnccn3)c2)n1. The number of aryl methyl sites for hydroxylation is 1. The molecule has 0 unspecified atom stereocenters. The molecule has 0 spiro atoms. The van der Waals surface area contributed by atoms with Gasteiger partial charge >= 0.3 is 0 Å². The number of amides is 2. The second kappa shape index (κ2) is 8.06. The van der Waals surface area contributed by atoms with Gasteiger partial charge in [-0.25, -0.2) is 10.8 Å². The highest BCUT2D eigenvalue weighted by atomic mass is 32.1. The number of rotatable bonds is 4. The second-order valence-corrected chi connectivity index (χ2v) is 7.74. The lowest BCUT2D eigenvalue weighted by Gasteiger charge is -2.23. The molecule has 4 rings (SSSR count). The van der Waals surface area contributed by atoms with Gasteiger partial charge < -0.3 is 4.90 Å². The molecule has 1 saturated heterocycles. The van der Waals surface area contributed by atoms with Crippen molar-refractivity contribution in [3.8, 4) is 11.3 Å². The van der Waals surface area contributed by atoms with E-state index in [1.165, 1.54) is 0 Å². The van der Waals surface area contributed by atoms with Crippen LogP contribution >= 0.6 is 11.3 Å². The molecule has 29 heavy (non-hydrogen) atoms. The lowest BCUT2D eigenvalue weighted by atomic mass is 10.0. The zero-order valence-corrected chi connectivity index (χ0v) is 16.6. The molecule has 1 fully saturated rings.